The van der Waals surface area contributed by atoms with Gasteiger partial charge >= 0.3 is 0 Å². The Labute approximate surface area is 171 Å². The van der Waals surface area contributed by atoms with Crippen molar-refractivity contribution < 1.29 is 0 Å². The lowest BCUT2D eigenvalue weighted by atomic mass is 10.0. The molecule has 1 rings (SSSR count). The standard InChI is InChI=1S/C19H37N5.HI/c1-8-17-16(18(9-2)24(7)23-17)13-21-19(20-6)22-15(5)12-10-11-14(3)4;/h14-15H,8-13H2,1-7H3,(H2,20,21,22);1H. The first-order valence-electron chi connectivity index (χ1n) is 9.43. The number of nitrogens with one attached hydrogen (secondary N) is 2. The summed E-state index contributed by atoms with van der Waals surface area (Å²) in [5.74, 6) is 1.65. The molecule has 25 heavy (non-hydrogen) atoms. The highest BCUT2D eigenvalue weighted by Gasteiger charge is 2.14. The molecular formula is C19H38IN5. The quantitative estimate of drug-likeness (QED) is 0.330. The van der Waals surface area contributed by atoms with Gasteiger partial charge in [0.15, 0.2) is 5.96 Å². The summed E-state index contributed by atoms with van der Waals surface area (Å²) in [5.41, 5.74) is 3.81. The third-order valence-corrected chi connectivity index (χ3v) is 4.49. The maximum Gasteiger partial charge on any atom is 0.191 e. The number of hydrogen-bond acceptors (Lipinski definition) is 2. The normalized spacial score (nSPS) is 12.9. The van der Waals surface area contributed by atoms with Crippen molar-refractivity contribution in [3.8, 4) is 0 Å². The van der Waals surface area contributed by atoms with Crippen molar-refractivity contribution in [2.24, 2.45) is 18.0 Å². The van der Waals surface area contributed by atoms with Crippen LogP contribution >= 0.6 is 24.0 Å². The first kappa shape index (κ1) is 24.2. The largest absolute Gasteiger partial charge is 0.354 e. The first-order chi connectivity index (χ1) is 11.4. The summed E-state index contributed by atoms with van der Waals surface area (Å²) in [4.78, 5) is 4.37. The van der Waals surface area contributed by atoms with Gasteiger partial charge in [-0.25, -0.2) is 0 Å². The average molecular weight is 463 g/mol. The minimum absolute atomic E-state index is 0. The van der Waals surface area contributed by atoms with Gasteiger partial charge in [-0.15, -0.1) is 24.0 Å². The lowest BCUT2D eigenvalue weighted by Crippen LogP contribution is -2.42. The summed E-state index contributed by atoms with van der Waals surface area (Å²) >= 11 is 0. The molecule has 0 aliphatic heterocycles. The second-order valence-corrected chi connectivity index (χ2v) is 7.00. The van der Waals surface area contributed by atoms with E-state index in [9.17, 15) is 0 Å². The van der Waals surface area contributed by atoms with Crippen LogP contribution in [0.1, 0.15) is 70.8 Å². The number of hydrogen-bond donors (Lipinski definition) is 2. The lowest BCUT2D eigenvalue weighted by molar-refractivity contribution is 0.491. The van der Waals surface area contributed by atoms with Crippen LogP contribution in [0.2, 0.25) is 0 Å². The van der Waals surface area contributed by atoms with E-state index < -0.39 is 0 Å². The molecule has 1 heterocycles. The van der Waals surface area contributed by atoms with E-state index in [0.717, 1.165) is 31.3 Å². The minimum atomic E-state index is 0. The Morgan fingerprint density at radius 2 is 1.84 bits per heavy atom. The lowest BCUT2D eigenvalue weighted by Gasteiger charge is -2.18. The Morgan fingerprint density at radius 1 is 1.16 bits per heavy atom. The molecule has 2 N–H and O–H groups in total. The molecule has 0 aliphatic rings. The van der Waals surface area contributed by atoms with Crippen molar-refractivity contribution >= 4 is 29.9 Å². The molecule has 0 amide bonds. The molecule has 1 atom stereocenters. The molecule has 0 bridgehead atoms. The van der Waals surface area contributed by atoms with Gasteiger partial charge in [-0.05, 0) is 32.1 Å². The van der Waals surface area contributed by atoms with Gasteiger partial charge in [0, 0.05) is 37.9 Å². The number of aliphatic imine (C=N–C) groups is 1. The highest BCUT2D eigenvalue weighted by atomic mass is 127. The number of nitrogens with zero attached hydrogens (tertiary/aromatic N) is 3. The highest BCUT2D eigenvalue weighted by Crippen LogP contribution is 2.15. The van der Waals surface area contributed by atoms with Crippen molar-refractivity contribution in [3.05, 3.63) is 17.0 Å². The summed E-state index contributed by atoms with van der Waals surface area (Å²) < 4.78 is 2.01. The van der Waals surface area contributed by atoms with Crippen molar-refractivity contribution in [2.45, 2.75) is 79.3 Å². The molecule has 6 heteroatoms. The van der Waals surface area contributed by atoms with E-state index in [4.69, 9.17) is 0 Å². The fourth-order valence-electron chi connectivity index (χ4n) is 3.10. The van der Waals surface area contributed by atoms with Gasteiger partial charge < -0.3 is 10.6 Å². The zero-order valence-corrected chi connectivity index (χ0v) is 19.5. The van der Waals surface area contributed by atoms with Gasteiger partial charge in [0.25, 0.3) is 0 Å². The second-order valence-electron chi connectivity index (χ2n) is 7.00. The van der Waals surface area contributed by atoms with Crippen LogP contribution in [0, 0.1) is 5.92 Å². The second kappa shape index (κ2) is 12.5. The van der Waals surface area contributed by atoms with E-state index in [1.807, 2.05) is 18.8 Å². The van der Waals surface area contributed by atoms with Crippen LogP contribution in [-0.4, -0.2) is 28.8 Å². The summed E-state index contributed by atoms with van der Waals surface area (Å²) in [6.45, 7) is 11.9. The molecule has 146 valence electrons. The van der Waals surface area contributed by atoms with E-state index in [1.54, 1.807) is 0 Å². The van der Waals surface area contributed by atoms with E-state index in [-0.39, 0.29) is 24.0 Å². The Balaban J connectivity index is 0.00000576. The van der Waals surface area contributed by atoms with Gasteiger partial charge in [-0.3, -0.25) is 9.67 Å². The zero-order chi connectivity index (χ0) is 18.1. The molecule has 1 aromatic heterocycles. The van der Waals surface area contributed by atoms with E-state index in [0.29, 0.717) is 6.04 Å². The Bertz CT molecular complexity index is 522. The van der Waals surface area contributed by atoms with Crippen LogP contribution in [0.15, 0.2) is 4.99 Å². The monoisotopic (exact) mass is 463 g/mol. The predicted octanol–water partition coefficient (Wildman–Crippen LogP) is 4.04. The third-order valence-electron chi connectivity index (χ3n) is 4.49. The average Bonchev–Trinajstić information content (AvgIpc) is 2.85. The topological polar surface area (TPSA) is 54.2 Å². The Morgan fingerprint density at radius 3 is 2.36 bits per heavy atom. The number of aryl methyl sites for hydroxylation is 2. The SMILES string of the molecule is CCc1nn(C)c(CC)c1CNC(=NC)NC(C)CCCC(C)C.I. The molecule has 0 fully saturated rings. The first-order valence-corrected chi connectivity index (χ1v) is 9.43. The number of rotatable bonds is 9. The molecule has 0 aromatic carbocycles. The highest BCUT2D eigenvalue weighted by molar-refractivity contribution is 14.0. The summed E-state index contributed by atoms with van der Waals surface area (Å²) in [7, 11) is 3.87. The molecule has 0 aliphatic carbocycles. The van der Waals surface area contributed by atoms with Crippen molar-refractivity contribution in [2.75, 3.05) is 7.05 Å². The van der Waals surface area contributed by atoms with Crippen molar-refractivity contribution in [3.63, 3.8) is 0 Å². The van der Waals surface area contributed by atoms with Gasteiger partial charge in [-0.2, -0.15) is 5.10 Å². The van der Waals surface area contributed by atoms with Gasteiger partial charge in [0.2, 0.25) is 0 Å². The van der Waals surface area contributed by atoms with Gasteiger partial charge in [-0.1, -0.05) is 40.5 Å². The predicted molar refractivity (Wildman–Crippen MR) is 119 cm³/mol. The molecule has 0 spiro atoms. The van der Waals surface area contributed by atoms with Crippen LogP contribution in [0.4, 0.5) is 0 Å². The van der Waals surface area contributed by atoms with Crippen LogP contribution in [0.25, 0.3) is 0 Å². The molecule has 1 aromatic rings. The Kier molecular flexibility index (Phi) is 12.1. The maximum atomic E-state index is 4.64. The molecule has 5 nitrogen and oxygen atoms in total. The molecule has 0 radical (unpaired) electrons. The van der Waals surface area contributed by atoms with Gasteiger partial charge in [0.1, 0.15) is 0 Å². The summed E-state index contributed by atoms with van der Waals surface area (Å²) in [6.07, 6.45) is 5.67. The van der Waals surface area contributed by atoms with Crippen LogP contribution < -0.4 is 10.6 Å². The summed E-state index contributed by atoms with van der Waals surface area (Å²) in [5, 5.41) is 11.6. The number of aromatic nitrogens is 2. The molecule has 1 unspecified atom stereocenters. The van der Waals surface area contributed by atoms with Gasteiger partial charge in [0.05, 0.1) is 5.69 Å². The van der Waals surface area contributed by atoms with Crippen molar-refractivity contribution in [1.82, 2.24) is 20.4 Å². The smallest absolute Gasteiger partial charge is 0.191 e. The fraction of sp³-hybridized carbons (Fsp3) is 0.789. The van der Waals surface area contributed by atoms with Crippen LogP contribution in [0.3, 0.4) is 0 Å². The van der Waals surface area contributed by atoms with Crippen molar-refractivity contribution in [1.29, 1.82) is 0 Å². The maximum absolute atomic E-state index is 4.64. The third kappa shape index (κ3) is 7.96. The Hall–Kier alpha value is -0.790. The fourth-order valence-corrected chi connectivity index (χ4v) is 3.10. The molecule has 0 saturated carbocycles. The van der Waals surface area contributed by atoms with E-state index in [2.05, 4.69) is 55.3 Å². The van der Waals surface area contributed by atoms with E-state index in [1.165, 1.54) is 36.2 Å². The zero-order valence-electron chi connectivity index (χ0n) is 17.1. The molecule has 0 saturated heterocycles. The minimum Gasteiger partial charge on any atom is -0.354 e. The molecular weight excluding hydrogens is 425 g/mol. The van der Waals surface area contributed by atoms with Crippen LogP contribution in [0.5, 0.6) is 0 Å². The number of guanidine groups is 1. The summed E-state index contributed by atoms with van der Waals surface area (Å²) in [6, 6.07) is 0.431. The van der Waals surface area contributed by atoms with E-state index >= 15 is 0 Å². The number of halogens is 1. The van der Waals surface area contributed by atoms with Crippen LogP contribution in [-0.2, 0) is 26.4 Å².